The van der Waals surface area contributed by atoms with Gasteiger partial charge in [-0.05, 0) is 59.0 Å². The number of piperidine rings is 1. The molecule has 0 aromatic carbocycles. The summed E-state index contributed by atoms with van der Waals surface area (Å²) in [5.74, 6) is 3.16. The maximum atomic E-state index is 12.0. The molecule has 0 aromatic heterocycles. The maximum absolute atomic E-state index is 12.0. The molecule has 1 saturated heterocycles. The van der Waals surface area contributed by atoms with E-state index in [1.54, 1.807) is 0 Å². The van der Waals surface area contributed by atoms with Crippen LogP contribution in [0.4, 0.5) is 4.79 Å². The predicted molar refractivity (Wildman–Crippen MR) is 81.5 cm³/mol. The molecule has 0 saturated carbocycles. The van der Waals surface area contributed by atoms with Crippen molar-refractivity contribution in [2.75, 3.05) is 26.2 Å². The van der Waals surface area contributed by atoms with Crippen molar-refractivity contribution in [2.45, 2.75) is 52.1 Å². The van der Waals surface area contributed by atoms with E-state index < -0.39 is 5.60 Å². The maximum Gasteiger partial charge on any atom is 0.410 e. The van der Waals surface area contributed by atoms with E-state index in [4.69, 9.17) is 11.2 Å². The molecule has 0 aliphatic carbocycles. The molecule has 1 rings (SSSR count). The van der Waals surface area contributed by atoms with Crippen molar-refractivity contribution in [1.82, 2.24) is 10.2 Å². The zero-order valence-electron chi connectivity index (χ0n) is 13.1. The Morgan fingerprint density at radius 1 is 1.50 bits per heavy atom. The van der Waals surface area contributed by atoms with Crippen LogP contribution in [0.2, 0.25) is 0 Å². The monoisotopic (exact) mass is 280 g/mol. The molecule has 1 atom stereocenters. The number of ether oxygens (including phenoxy) is 1. The van der Waals surface area contributed by atoms with Crippen LogP contribution in [0.1, 0.15) is 46.5 Å². The highest BCUT2D eigenvalue weighted by Crippen LogP contribution is 2.18. The summed E-state index contributed by atoms with van der Waals surface area (Å²) < 4.78 is 5.43. The van der Waals surface area contributed by atoms with Gasteiger partial charge in [0.2, 0.25) is 0 Å². The van der Waals surface area contributed by atoms with Gasteiger partial charge in [0, 0.05) is 19.5 Å². The minimum Gasteiger partial charge on any atom is -0.444 e. The van der Waals surface area contributed by atoms with Crippen molar-refractivity contribution in [2.24, 2.45) is 5.92 Å². The topological polar surface area (TPSA) is 41.6 Å². The third-order valence-electron chi connectivity index (χ3n) is 3.28. The number of hydrogen-bond acceptors (Lipinski definition) is 3. The summed E-state index contributed by atoms with van der Waals surface area (Å²) in [5, 5.41) is 3.42. The number of amides is 1. The second-order valence-corrected chi connectivity index (χ2v) is 6.45. The molecule has 1 heterocycles. The van der Waals surface area contributed by atoms with Crippen LogP contribution in [0.3, 0.4) is 0 Å². The zero-order valence-corrected chi connectivity index (χ0v) is 13.1. The largest absolute Gasteiger partial charge is 0.444 e. The lowest BCUT2D eigenvalue weighted by Crippen LogP contribution is -2.45. The van der Waals surface area contributed by atoms with Gasteiger partial charge in [0.05, 0.1) is 0 Å². The Hall–Kier alpha value is -1.21. The van der Waals surface area contributed by atoms with E-state index in [1.807, 2.05) is 25.7 Å². The Morgan fingerprint density at radius 2 is 2.25 bits per heavy atom. The standard InChI is InChI=1S/C16H28N2O2/c1-5-6-7-10-17-12-14-9-8-11-18(13-14)15(19)20-16(2,3)4/h1,14,17H,6-13H2,2-4H3. The van der Waals surface area contributed by atoms with E-state index in [-0.39, 0.29) is 6.09 Å². The van der Waals surface area contributed by atoms with E-state index in [0.717, 1.165) is 45.4 Å². The number of nitrogens with zero attached hydrogens (tertiary/aromatic N) is 1. The first-order valence-corrected chi connectivity index (χ1v) is 7.54. The van der Waals surface area contributed by atoms with Gasteiger partial charge >= 0.3 is 6.09 Å². The number of carbonyl (C=O) groups excluding carboxylic acids is 1. The van der Waals surface area contributed by atoms with Gasteiger partial charge in [-0.15, -0.1) is 12.3 Å². The van der Waals surface area contributed by atoms with Gasteiger partial charge in [0.15, 0.2) is 0 Å². The van der Waals surface area contributed by atoms with Crippen LogP contribution in [0, 0.1) is 18.3 Å². The van der Waals surface area contributed by atoms with Crippen molar-refractivity contribution in [3.8, 4) is 12.3 Å². The predicted octanol–water partition coefficient (Wildman–Crippen LogP) is 2.64. The summed E-state index contributed by atoms with van der Waals surface area (Å²) in [6, 6.07) is 0. The number of hydrogen-bond donors (Lipinski definition) is 1. The van der Waals surface area contributed by atoms with Gasteiger partial charge in [-0.2, -0.15) is 0 Å². The summed E-state index contributed by atoms with van der Waals surface area (Å²) in [4.78, 5) is 13.9. The average molecular weight is 280 g/mol. The van der Waals surface area contributed by atoms with Crippen LogP contribution in [0.15, 0.2) is 0 Å². The molecular weight excluding hydrogens is 252 g/mol. The molecule has 1 N–H and O–H groups in total. The summed E-state index contributed by atoms with van der Waals surface area (Å²) in [7, 11) is 0. The number of unbranched alkanes of at least 4 members (excludes halogenated alkanes) is 1. The normalized spacial score (nSPS) is 19.5. The van der Waals surface area contributed by atoms with Gasteiger partial charge in [-0.25, -0.2) is 4.79 Å². The fourth-order valence-corrected chi connectivity index (χ4v) is 2.35. The molecule has 114 valence electrons. The summed E-state index contributed by atoms with van der Waals surface area (Å²) in [6.45, 7) is 9.20. The number of carbonyl (C=O) groups is 1. The molecule has 0 radical (unpaired) electrons. The molecule has 1 amide bonds. The van der Waals surface area contributed by atoms with Crippen LogP contribution in [0.25, 0.3) is 0 Å². The summed E-state index contributed by atoms with van der Waals surface area (Å²) in [5.41, 5.74) is -0.419. The van der Waals surface area contributed by atoms with E-state index in [2.05, 4.69) is 11.2 Å². The highest BCUT2D eigenvalue weighted by molar-refractivity contribution is 5.68. The van der Waals surface area contributed by atoms with Crippen LogP contribution in [-0.4, -0.2) is 42.8 Å². The third kappa shape index (κ3) is 6.81. The van der Waals surface area contributed by atoms with Crippen LogP contribution < -0.4 is 5.32 Å². The molecular formula is C16H28N2O2. The van der Waals surface area contributed by atoms with Crippen LogP contribution >= 0.6 is 0 Å². The Morgan fingerprint density at radius 3 is 2.90 bits per heavy atom. The van der Waals surface area contributed by atoms with Crippen molar-refractivity contribution in [1.29, 1.82) is 0 Å². The first kappa shape index (κ1) is 16.8. The molecule has 1 aliphatic rings. The van der Waals surface area contributed by atoms with Crippen molar-refractivity contribution in [3.63, 3.8) is 0 Å². The minimum absolute atomic E-state index is 0.186. The van der Waals surface area contributed by atoms with Gasteiger partial charge in [-0.3, -0.25) is 0 Å². The zero-order chi connectivity index (χ0) is 15.0. The fraction of sp³-hybridized carbons (Fsp3) is 0.812. The summed E-state index contributed by atoms with van der Waals surface area (Å²) in [6.07, 6.45) is 9.09. The first-order chi connectivity index (χ1) is 9.42. The molecule has 1 fully saturated rings. The Balaban J connectivity index is 2.28. The smallest absolute Gasteiger partial charge is 0.410 e. The fourth-order valence-electron chi connectivity index (χ4n) is 2.35. The number of nitrogens with one attached hydrogen (secondary N) is 1. The van der Waals surface area contributed by atoms with Gasteiger partial charge in [0.25, 0.3) is 0 Å². The molecule has 0 aromatic rings. The Bertz CT molecular complexity index is 341. The van der Waals surface area contributed by atoms with Crippen molar-refractivity contribution in [3.05, 3.63) is 0 Å². The number of terminal acetylenes is 1. The lowest BCUT2D eigenvalue weighted by Gasteiger charge is -2.34. The average Bonchev–Trinajstić information content (AvgIpc) is 2.37. The molecule has 4 nitrogen and oxygen atoms in total. The molecule has 4 heteroatoms. The molecule has 1 unspecified atom stereocenters. The molecule has 1 aliphatic heterocycles. The lowest BCUT2D eigenvalue weighted by molar-refractivity contribution is 0.0166. The third-order valence-corrected chi connectivity index (χ3v) is 3.28. The minimum atomic E-state index is -0.419. The van der Waals surface area contributed by atoms with Crippen molar-refractivity contribution < 1.29 is 9.53 Å². The Labute approximate surface area is 123 Å². The van der Waals surface area contributed by atoms with Gasteiger partial charge in [-0.1, -0.05) is 0 Å². The van der Waals surface area contributed by atoms with Gasteiger partial charge in [0.1, 0.15) is 5.60 Å². The number of rotatable bonds is 5. The highest BCUT2D eigenvalue weighted by Gasteiger charge is 2.27. The quantitative estimate of drug-likeness (QED) is 0.622. The molecule has 0 bridgehead atoms. The second-order valence-electron chi connectivity index (χ2n) is 6.45. The van der Waals surface area contributed by atoms with Crippen molar-refractivity contribution >= 4 is 6.09 Å². The van der Waals surface area contributed by atoms with E-state index >= 15 is 0 Å². The molecule has 0 spiro atoms. The van der Waals surface area contributed by atoms with E-state index in [0.29, 0.717) is 5.92 Å². The number of likely N-dealkylation sites (tertiary alicyclic amines) is 1. The summed E-state index contributed by atoms with van der Waals surface area (Å²) >= 11 is 0. The van der Waals surface area contributed by atoms with Crippen LogP contribution in [-0.2, 0) is 4.74 Å². The SMILES string of the molecule is C#CCCCNCC1CCCN(C(=O)OC(C)(C)C)C1. The second kappa shape index (κ2) is 8.16. The Kier molecular flexibility index (Phi) is 6.87. The van der Waals surface area contributed by atoms with E-state index in [9.17, 15) is 4.79 Å². The first-order valence-electron chi connectivity index (χ1n) is 7.54. The lowest BCUT2D eigenvalue weighted by atomic mass is 9.98. The van der Waals surface area contributed by atoms with Crippen LogP contribution in [0.5, 0.6) is 0 Å². The molecule has 20 heavy (non-hydrogen) atoms. The van der Waals surface area contributed by atoms with E-state index in [1.165, 1.54) is 6.42 Å². The highest BCUT2D eigenvalue weighted by atomic mass is 16.6. The van der Waals surface area contributed by atoms with Gasteiger partial charge < -0.3 is 15.0 Å².